The van der Waals surface area contributed by atoms with Crippen LogP contribution in [0.3, 0.4) is 0 Å². The fourth-order valence-electron chi connectivity index (χ4n) is 6.01. The maximum absolute atomic E-state index is 13.4. The maximum atomic E-state index is 13.4. The van der Waals surface area contributed by atoms with Crippen molar-refractivity contribution >= 4 is 41.5 Å². The highest BCUT2D eigenvalue weighted by Gasteiger charge is 2.41. The molecule has 4 rings (SSSR count). The number of aliphatic hydroxyl groups is 1. The van der Waals surface area contributed by atoms with Gasteiger partial charge in [0.2, 0.25) is 0 Å². The molecule has 2 aromatic heterocycles. The summed E-state index contributed by atoms with van der Waals surface area (Å²) in [6, 6.07) is 10.4. The summed E-state index contributed by atoms with van der Waals surface area (Å²) in [6.45, 7) is 14.3. The third-order valence-corrected chi connectivity index (χ3v) is 11.0. The summed E-state index contributed by atoms with van der Waals surface area (Å²) in [5.41, 5.74) is 3.64. The number of carbonyl (C=O) groups is 1. The van der Waals surface area contributed by atoms with Crippen molar-refractivity contribution in [2.45, 2.75) is 97.5 Å². The van der Waals surface area contributed by atoms with Crippen LogP contribution in [0.1, 0.15) is 51.2 Å². The van der Waals surface area contributed by atoms with E-state index in [2.05, 4.69) is 59.8 Å². The van der Waals surface area contributed by atoms with E-state index in [1.165, 1.54) is 0 Å². The van der Waals surface area contributed by atoms with Crippen molar-refractivity contribution in [2.75, 3.05) is 6.54 Å². The van der Waals surface area contributed by atoms with Crippen molar-refractivity contribution in [3.63, 3.8) is 0 Å². The van der Waals surface area contributed by atoms with Gasteiger partial charge >= 0.3 is 6.09 Å². The Bertz CT molecular complexity index is 1290. The number of piperidine rings is 1. The van der Waals surface area contributed by atoms with Gasteiger partial charge in [-0.15, -0.1) is 0 Å². The van der Waals surface area contributed by atoms with Crippen LogP contribution in [0, 0.1) is 12.3 Å². The molecule has 8 nitrogen and oxygen atoms in total. The predicted molar refractivity (Wildman–Crippen MR) is 164 cm³/mol. The topological polar surface area (TPSA) is 89.7 Å². The summed E-state index contributed by atoms with van der Waals surface area (Å²) in [4.78, 5) is 24.3. The Morgan fingerprint density at radius 2 is 1.95 bits per heavy atom. The smallest absolute Gasteiger partial charge is 0.410 e. The van der Waals surface area contributed by atoms with Gasteiger partial charge in [-0.2, -0.15) is 0 Å². The molecule has 40 heavy (non-hydrogen) atoms. The van der Waals surface area contributed by atoms with Crippen LogP contribution in [0.2, 0.25) is 19.1 Å². The fraction of sp³-hybridized carbons (Fsp3) is 0.567. The van der Waals surface area contributed by atoms with Crippen molar-refractivity contribution < 1.29 is 19.1 Å². The first kappa shape index (κ1) is 30.7. The Balaban J connectivity index is 1.53. The molecule has 1 amide bonds. The number of aromatic nitrogens is 3. The molecule has 1 aliphatic heterocycles. The van der Waals surface area contributed by atoms with Gasteiger partial charge in [0.15, 0.2) is 14.0 Å². The third-order valence-electron chi connectivity index (χ3n) is 7.33. The number of rotatable bonds is 9. The number of ether oxygens (including phenoxy) is 1. The van der Waals surface area contributed by atoms with Gasteiger partial charge in [-0.1, -0.05) is 51.1 Å². The van der Waals surface area contributed by atoms with E-state index in [-0.39, 0.29) is 30.3 Å². The minimum absolute atomic E-state index is 0.149. The molecule has 0 saturated carbocycles. The number of carbonyl (C=O) groups excluding carboxylic acids is 1. The molecule has 1 unspecified atom stereocenters. The first-order chi connectivity index (χ1) is 18.8. The Morgan fingerprint density at radius 3 is 2.65 bits per heavy atom. The number of benzene rings is 1. The lowest BCUT2D eigenvalue weighted by Gasteiger charge is -2.45. The van der Waals surface area contributed by atoms with Gasteiger partial charge < -0.3 is 23.7 Å². The number of pyridine rings is 1. The Labute approximate surface area is 247 Å². The highest BCUT2D eigenvalue weighted by Crippen LogP contribution is 2.34. The fourth-order valence-corrected chi connectivity index (χ4v) is 10.0. The normalized spacial score (nSPS) is 19.1. The minimum Gasteiger partial charge on any atom is -0.445 e. The molecule has 3 heterocycles. The number of nitrogens with zero attached hydrogens (tertiary/aromatic N) is 4. The van der Waals surface area contributed by atoms with E-state index < -0.39 is 14.4 Å². The van der Waals surface area contributed by atoms with E-state index >= 15 is 0 Å². The van der Waals surface area contributed by atoms with Gasteiger partial charge in [0.1, 0.15) is 12.1 Å². The number of hydrogen-bond donors (Lipinski definition) is 1. The first-order valence-electron chi connectivity index (χ1n) is 14.1. The Morgan fingerprint density at radius 1 is 1.23 bits per heavy atom. The Hall–Kier alpha value is -2.27. The first-order valence-corrected chi connectivity index (χ1v) is 18.0. The third kappa shape index (κ3) is 7.93. The summed E-state index contributed by atoms with van der Waals surface area (Å²) in [6.07, 6.45) is 4.30. The predicted octanol–water partition coefficient (Wildman–Crippen LogP) is 6.69. The molecule has 0 spiro atoms. The number of aryl methyl sites for hydroxylation is 1. The SMILES string of the molecule is Cc1c(Br)cnc2c1ncn2CC(O)C[C@@H]1[C@@H](O[Si](C)(C)CC(C)(C)C)CCCN1C(=O)OCc1ccccc1. The van der Waals surface area contributed by atoms with Gasteiger partial charge in [0, 0.05) is 17.2 Å². The summed E-state index contributed by atoms with van der Waals surface area (Å²) in [5.74, 6) is 0. The van der Waals surface area contributed by atoms with Gasteiger partial charge in [-0.3, -0.25) is 0 Å². The molecule has 218 valence electrons. The van der Waals surface area contributed by atoms with Crippen molar-refractivity contribution in [3.8, 4) is 0 Å². The van der Waals surface area contributed by atoms with E-state index in [4.69, 9.17) is 9.16 Å². The van der Waals surface area contributed by atoms with Crippen LogP contribution in [-0.2, 0) is 22.3 Å². The number of aliphatic hydroxyl groups excluding tert-OH is 1. The lowest BCUT2D eigenvalue weighted by Crippen LogP contribution is -2.56. The van der Waals surface area contributed by atoms with E-state index in [9.17, 15) is 9.90 Å². The molecule has 3 aromatic rings. The molecule has 3 atom stereocenters. The van der Waals surface area contributed by atoms with Gasteiger partial charge in [-0.25, -0.2) is 14.8 Å². The molecule has 0 aliphatic carbocycles. The summed E-state index contributed by atoms with van der Waals surface area (Å²) < 4.78 is 15.4. The van der Waals surface area contributed by atoms with Crippen LogP contribution in [0.4, 0.5) is 4.79 Å². The summed E-state index contributed by atoms with van der Waals surface area (Å²) >= 11 is 3.52. The summed E-state index contributed by atoms with van der Waals surface area (Å²) in [7, 11) is -2.06. The van der Waals surface area contributed by atoms with Gasteiger partial charge in [0.25, 0.3) is 0 Å². The molecule has 1 aromatic carbocycles. The van der Waals surface area contributed by atoms with Gasteiger partial charge in [0.05, 0.1) is 31.1 Å². The molecule has 1 N–H and O–H groups in total. The van der Waals surface area contributed by atoms with E-state index in [0.717, 1.165) is 45.6 Å². The zero-order valence-electron chi connectivity index (χ0n) is 24.6. The second-order valence-electron chi connectivity index (χ2n) is 12.8. The zero-order chi connectivity index (χ0) is 29.1. The largest absolute Gasteiger partial charge is 0.445 e. The van der Waals surface area contributed by atoms with Crippen LogP contribution >= 0.6 is 15.9 Å². The molecule has 0 bridgehead atoms. The van der Waals surface area contributed by atoms with Gasteiger partial charge in [-0.05, 0) is 77.8 Å². The van der Waals surface area contributed by atoms with Crippen molar-refractivity contribution in [1.82, 2.24) is 19.4 Å². The molecule has 1 aliphatic rings. The zero-order valence-corrected chi connectivity index (χ0v) is 27.1. The second-order valence-corrected chi connectivity index (χ2v) is 17.7. The van der Waals surface area contributed by atoms with Crippen LogP contribution < -0.4 is 0 Å². The molecule has 0 radical (unpaired) electrons. The monoisotopic (exact) mass is 630 g/mol. The summed E-state index contributed by atoms with van der Waals surface area (Å²) in [5, 5.41) is 11.4. The average Bonchev–Trinajstić information content (AvgIpc) is 3.27. The van der Waals surface area contributed by atoms with E-state index in [1.54, 1.807) is 17.4 Å². The Kier molecular flexibility index (Phi) is 9.75. The highest BCUT2D eigenvalue weighted by molar-refractivity contribution is 9.10. The number of amides is 1. The lowest BCUT2D eigenvalue weighted by molar-refractivity contribution is -0.0119. The number of likely N-dealkylation sites (tertiary alicyclic amines) is 1. The molecule has 10 heteroatoms. The van der Waals surface area contributed by atoms with Crippen molar-refractivity contribution in [3.05, 3.63) is 58.5 Å². The van der Waals surface area contributed by atoms with E-state index in [0.29, 0.717) is 19.5 Å². The standard InChI is InChI=1S/C30H43BrN4O4Si/c1-21-24(31)16-32-28-27(21)33-20-34(28)17-23(36)15-25-26(39-40(5,6)19-30(2,3)4)13-10-14-35(25)29(37)38-18-22-11-8-7-9-12-22/h7-9,11-12,16,20,23,25-26,36H,10,13-15,17-19H2,1-6H3/t23?,25-,26+/m1/s1. The number of halogens is 1. The van der Waals surface area contributed by atoms with E-state index in [1.807, 2.05) is 41.8 Å². The minimum atomic E-state index is -2.06. The van der Waals surface area contributed by atoms with Crippen LogP contribution in [-0.4, -0.2) is 63.7 Å². The van der Waals surface area contributed by atoms with Crippen LogP contribution in [0.5, 0.6) is 0 Å². The molecule has 1 fully saturated rings. The number of imidazole rings is 1. The quantitative estimate of drug-likeness (QED) is 0.265. The highest BCUT2D eigenvalue weighted by atomic mass is 79.9. The molecular formula is C30H43BrN4O4Si. The lowest BCUT2D eigenvalue weighted by atomic mass is 9.94. The number of fused-ring (bicyclic) bond motifs is 1. The molecule has 1 saturated heterocycles. The number of hydrogen-bond acceptors (Lipinski definition) is 6. The molecular weight excluding hydrogens is 588 g/mol. The van der Waals surface area contributed by atoms with Crippen molar-refractivity contribution in [1.29, 1.82) is 0 Å². The van der Waals surface area contributed by atoms with Crippen LogP contribution in [0.25, 0.3) is 11.2 Å². The second kappa shape index (κ2) is 12.7. The van der Waals surface area contributed by atoms with Crippen molar-refractivity contribution in [2.24, 2.45) is 5.41 Å². The maximum Gasteiger partial charge on any atom is 0.410 e. The van der Waals surface area contributed by atoms with Crippen LogP contribution in [0.15, 0.2) is 47.3 Å². The average molecular weight is 632 g/mol.